The maximum absolute atomic E-state index is 12.1. The number of benzene rings is 2. The van der Waals surface area contributed by atoms with E-state index in [1.54, 1.807) is 6.20 Å². The highest BCUT2D eigenvalue weighted by molar-refractivity contribution is 6.21. The lowest BCUT2D eigenvalue weighted by Gasteiger charge is -2.20. The highest BCUT2D eigenvalue weighted by atomic mass is 16.5. The molecule has 1 N–H and O–H groups in total. The first-order valence-corrected chi connectivity index (χ1v) is 6.43. The average molecular weight is 253 g/mol. The Balaban J connectivity index is 2.21. The molecule has 3 rings (SSSR count). The summed E-state index contributed by atoms with van der Waals surface area (Å²) in [4.78, 5) is 12.1. The second-order valence-corrected chi connectivity index (χ2v) is 4.48. The van der Waals surface area contributed by atoms with Crippen LogP contribution in [0.4, 0.5) is 0 Å². The zero-order chi connectivity index (χ0) is 13.2. The topological polar surface area (TPSA) is 38.3 Å². The number of rotatable bonds is 2. The molecule has 0 unspecified atom stereocenters. The Kier molecular flexibility index (Phi) is 2.95. The number of hydrogen-bond acceptors (Lipinski definition) is 3. The van der Waals surface area contributed by atoms with Gasteiger partial charge in [0, 0.05) is 18.3 Å². The molecule has 0 aromatic heterocycles. The summed E-state index contributed by atoms with van der Waals surface area (Å²) in [5.74, 6) is -0.271. The van der Waals surface area contributed by atoms with Gasteiger partial charge in [-0.3, -0.25) is 0 Å². The second kappa shape index (κ2) is 4.76. The van der Waals surface area contributed by atoms with Gasteiger partial charge in [0.15, 0.2) is 0 Å². The van der Waals surface area contributed by atoms with Gasteiger partial charge in [-0.1, -0.05) is 36.4 Å². The van der Waals surface area contributed by atoms with Gasteiger partial charge in [-0.05, 0) is 23.3 Å². The molecule has 0 saturated carbocycles. The normalized spacial score (nSPS) is 13.4. The van der Waals surface area contributed by atoms with E-state index in [1.807, 2.05) is 25.1 Å². The third kappa shape index (κ3) is 1.97. The molecular weight excluding hydrogens is 238 g/mol. The standard InChI is InChI=1S/C16H15NO2/c1-2-19-16(18)14-10-17-9-12-8-7-11-5-3-4-6-13(11)15(12)14/h3-8,10,17H,2,9H2,1H3. The molecule has 3 heteroatoms. The van der Waals surface area contributed by atoms with E-state index in [2.05, 4.69) is 23.5 Å². The van der Waals surface area contributed by atoms with E-state index < -0.39 is 0 Å². The molecule has 2 aromatic carbocycles. The first-order valence-electron chi connectivity index (χ1n) is 6.43. The number of nitrogens with one attached hydrogen (secondary N) is 1. The molecule has 96 valence electrons. The van der Waals surface area contributed by atoms with Gasteiger partial charge >= 0.3 is 5.97 Å². The van der Waals surface area contributed by atoms with Gasteiger partial charge in [-0.2, -0.15) is 0 Å². The van der Waals surface area contributed by atoms with E-state index in [-0.39, 0.29) is 5.97 Å². The minimum absolute atomic E-state index is 0.271. The fourth-order valence-electron chi connectivity index (χ4n) is 2.49. The van der Waals surface area contributed by atoms with Crippen LogP contribution in [0.25, 0.3) is 16.3 Å². The van der Waals surface area contributed by atoms with Gasteiger partial charge in [0.25, 0.3) is 0 Å². The monoisotopic (exact) mass is 253 g/mol. The van der Waals surface area contributed by atoms with Crippen LogP contribution < -0.4 is 5.32 Å². The van der Waals surface area contributed by atoms with Crippen molar-refractivity contribution < 1.29 is 9.53 Å². The molecule has 0 spiro atoms. The molecule has 3 nitrogen and oxygen atoms in total. The van der Waals surface area contributed by atoms with Gasteiger partial charge in [0.05, 0.1) is 12.2 Å². The first kappa shape index (κ1) is 11.8. The summed E-state index contributed by atoms with van der Waals surface area (Å²) in [6, 6.07) is 12.3. The van der Waals surface area contributed by atoms with Crippen LogP contribution in [0.3, 0.4) is 0 Å². The number of hydrogen-bond donors (Lipinski definition) is 1. The van der Waals surface area contributed by atoms with E-state index in [9.17, 15) is 4.79 Å². The number of esters is 1. The fraction of sp³-hybridized carbons (Fsp3) is 0.188. The van der Waals surface area contributed by atoms with Crippen LogP contribution in [0.15, 0.2) is 42.6 Å². The zero-order valence-corrected chi connectivity index (χ0v) is 10.8. The number of carbonyl (C=O) groups is 1. The molecule has 1 aliphatic heterocycles. The molecule has 2 aromatic rings. The number of fused-ring (bicyclic) bond motifs is 3. The Morgan fingerprint density at radius 1 is 1.26 bits per heavy atom. The largest absolute Gasteiger partial charge is 0.462 e. The molecule has 19 heavy (non-hydrogen) atoms. The van der Waals surface area contributed by atoms with Crippen LogP contribution in [0.2, 0.25) is 0 Å². The van der Waals surface area contributed by atoms with Crippen LogP contribution in [0.1, 0.15) is 18.1 Å². The Bertz CT molecular complexity index is 674. The van der Waals surface area contributed by atoms with Crippen molar-refractivity contribution >= 4 is 22.3 Å². The molecular formula is C16H15NO2. The smallest absolute Gasteiger partial charge is 0.340 e. The Morgan fingerprint density at radius 3 is 2.95 bits per heavy atom. The van der Waals surface area contributed by atoms with Crippen molar-refractivity contribution in [2.45, 2.75) is 13.5 Å². The zero-order valence-electron chi connectivity index (χ0n) is 10.8. The molecule has 0 saturated heterocycles. The molecule has 0 bridgehead atoms. The van der Waals surface area contributed by atoms with Crippen molar-refractivity contribution in [2.24, 2.45) is 0 Å². The molecule has 0 amide bonds. The molecule has 0 fully saturated rings. The highest BCUT2D eigenvalue weighted by Crippen LogP contribution is 2.31. The van der Waals surface area contributed by atoms with E-state index >= 15 is 0 Å². The lowest BCUT2D eigenvalue weighted by Crippen LogP contribution is -2.19. The predicted octanol–water partition coefficient (Wildman–Crippen LogP) is 2.85. The Labute approximate surface area is 111 Å². The Morgan fingerprint density at radius 2 is 2.11 bits per heavy atom. The molecule has 1 heterocycles. The predicted molar refractivity (Wildman–Crippen MR) is 75.4 cm³/mol. The molecule has 0 aliphatic carbocycles. The lowest BCUT2D eigenvalue weighted by atomic mass is 9.92. The van der Waals surface area contributed by atoms with Gasteiger partial charge in [-0.25, -0.2) is 4.79 Å². The highest BCUT2D eigenvalue weighted by Gasteiger charge is 2.21. The van der Waals surface area contributed by atoms with Crippen molar-refractivity contribution in [3.63, 3.8) is 0 Å². The van der Waals surface area contributed by atoms with Crippen LogP contribution >= 0.6 is 0 Å². The Hall–Kier alpha value is -2.29. The maximum Gasteiger partial charge on any atom is 0.340 e. The maximum atomic E-state index is 12.1. The van der Waals surface area contributed by atoms with Crippen molar-refractivity contribution in [3.8, 4) is 0 Å². The summed E-state index contributed by atoms with van der Waals surface area (Å²) in [6.07, 6.45) is 1.76. The minimum Gasteiger partial charge on any atom is -0.462 e. The summed E-state index contributed by atoms with van der Waals surface area (Å²) in [6.45, 7) is 2.94. The third-order valence-electron chi connectivity index (χ3n) is 3.32. The first-order chi connectivity index (χ1) is 9.31. The van der Waals surface area contributed by atoms with Crippen LogP contribution in [0.5, 0.6) is 0 Å². The van der Waals surface area contributed by atoms with Crippen molar-refractivity contribution in [1.82, 2.24) is 5.32 Å². The summed E-state index contributed by atoms with van der Waals surface area (Å²) < 4.78 is 5.14. The third-order valence-corrected chi connectivity index (χ3v) is 3.32. The average Bonchev–Trinajstić information content (AvgIpc) is 2.46. The van der Waals surface area contributed by atoms with Crippen molar-refractivity contribution in [3.05, 3.63) is 53.7 Å². The molecule has 0 radical (unpaired) electrons. The van der Waals surface area contributed by atoms with Gasteiger partial charge < -0.3 is 10.1 Å². The number of ether oxygens (including phenoxy) is 1. The van der Waals surface area contributed by atoms with E-state index in [0.29, 0.717) is 12.2 Å². The lowest BCUT2D eigenvalue weighted by molar-refractivity contribution is -0.136. The van der Waals surface area contributed by atoms with E-state index in [0.717, 1.165) is 28.4 Å². The molecule has 1 aliphatic rings. The van der Waals surface area contributed by atoms with Gasteiger partial charge in [-0.15, -0.1) is 0 Å². The summed E-state index contributed by atoms with van der Waals surface area (Å²) in [5.41, 5.74) is 2.74. The minimum atomic E-state index is -0.271. The summed E-state index contributed by atoms with van der Waals surface area (Å²) in [7, 11) is 0. The van der Waals surface area contributed by atoms with Gasteiger partial charge in [0.2, 0.25) is 0 Å². The quantitative estimate of drug-likeness (QED) is 0.836. The van der Waals surface area contributed by atoms with Gasteiger partial charge in [0.1, 0.15) is 0 Å². The van der Waals surface area contributed by atoms with Crippen LogP contribution in [0, 0.1) is 0 Å². The molecule has 0 atom stereocenters. The van der Waals surface area contributed by atoms with E-state index in [4.69, 9.17) is 4.74 Å². The van der Waals surface area contributed by atoms with Crippen LogP contribution in [-0.2, 0) is 16.1 Å². The SMILES string of the molecule is CCOC(=O)C1=CNCc2ccc3ccccc3c21. The summed E-state index contributed by atoms with van der Waals surface area (Å²) in [5, 5.41) is 5.37. The van der Waals surface area contributed by atoms with Crippen molar-refractivity contribution in [1.29, 1.82) is 0 Å². The van der Waals surface area contributed by atoms with Crippen molar-refractivity contribution in [2.75, 3.05) is 6.61 Å². The van der Waals surface area contributed by atoms with E-state index in [1.165, 1.54) is 0 Å². The summed E-state index contributed by atoms with van der Waals surface area (Å²) >= 11 is 0. The van der Waals surface area contributed by atoms with Crippen LogP contribution in [-0.4, -0.2) is 12.6 Å². The number of carbonyl (C=O) groups excluding carboxylic acids is 1. The fourth-order valence-corrected chi connectivity index (χ4v) is 2.49. The second-order valence-electron chi connectivity index (χ2n) is 4.48.